The van der Waals surface area contributed by atoms with Crippen LogP contribution < -0.4 is 0 Å². The number of β-amino-alcohol motifs (C(OH)–C–C–N with tert-alkyl or cyclic N) is 1. The van der Waals surface area contributed by atoms with E-state index in [4.69, 9.17) is 10.2 Å². The number of piperazine rings is 1. The van der Waals surface area contributed by atoms with Crippen LogP contribution in [0.4, 0.5) is 13.2 Å². The zero-order valence-corrected chi connectivity index (χ0v) is 18.7. The molecule has 0 radical (unpaired) electrons. The van der Waals surface area contributed by atoms with E-state index in [9.17, 15) is 13.2 Å². The second kappa shape index (κ2) is 9.49. The summed E-state index contributed by atoms with van der Waals surface area (Å²) < 4.78 is 40.6. The zero-order valence-electron chi connectivity index (χ0n) is 18.7. The van der Waals surface area contributed by atoms with Crippen molar-refractivity contribution in [3.8, 4) is 11.3 Å². The van der Waals surface area contributed by atoms with E-state index in [-0.39, 0.29) is 12.6 Å². The van der Waals surface area contributed by atoms with Crippen molar-refractivity contribution in [3.63, 3.8) is 0 Å². The summed E-state index contributed by atoms with van der Waals surface area (Å²) in [5, 5.41) is 13.9. The third kappa shape index (κ3) is 5.00. The Labute approximate surface area is 187 Å². The molecule has 0 bridgehead atoms. The van der Waals surface area contributed by atoms with Gasteiger partial charge in [0.1, 0.15) is 5.69 Å². The Morgan fingerprint density at radius 1 is 1.12 bits per heavy atom. The summed E-state index contributed by atoms with van der Waals surface area (Å²) in [5.74, 6) is 0.390. The van der Waals surface area contributed by atoms with Crippen molar-refractivity contribution < 1.29 is 18.3 Å². The summed E-state index contributed by atoms with van der Waals surface area (Å²) in [7, 11) is 0. The number of aromatic nitrogens is 3. The van der Waals surface area contributed by atoms with Crippen LogP contribution in [-0.2, 0) is 6.18 Å². The van der Waals surface area contributed by atoms with Crippen LogP contribution in [0.5, 0.6) is 0 Å². The van der Waals surface area contributed by atoms with E-state index in [1.54, 1.807) is 0 Å². The Balaban J connectivity index is 1.48. The van der Waals surface area contributed by atoms with Gasteiger partial charge in [-0.25, -0.2) is 0 Å². The Kier molecular flexibility index (Phi) is 6.88. The third-order valence-electron chi connectivity index (χ3n) is 6.77. The quantitative estimate of drug-likeness (QED) is 0.724. The first-order chi connectivity index (χ1) is 15.3. The molecule has 1 unspecified atom stereocenters. The van der Waals surface area contributed by atoms with Crippen molar-refractivity contribution in [2.45, 2.75) is 57.3 Å². The number of pyridine rings is 1. The van der Waals surface area contributed by atoms with Crippen molar-refractivity contribution in [2.75, 3.05) is 39.3 Å². The second-order valence-corrected chi connectivity index (χ2v) is 9.19. The van der Waals surface area contributed by atoms with Gasteiger partial charge in [-0.15, -0.1) is 0 Å². The SMILES string of the molecule is CC(C)n1nc(-c2ccc(C(F)(F)F)nc2)cc1[C@H]1CCC(N2CCN(CCO)CC2)C1. The van der Waals surface area contributed by atoms with Crippen LogP contribution in [-0.4, -0.2) is 75.0 Å². The molecule has 1 N–H and O–H groups in total. The van der Waals surface area contributed by atoms with Crippen LogP contribution in [0.1, 0.15) is 56.5 Å². The van der Waals surface area contributed by atoms with Crippen LogP contribution in [0.2, 0.25) is 0 Å². The first kappa shape index (κ1) is 23.2. The predicted octanol–water partition coefficient (Wildman–Crippen LogP) is 3.79. The molecule has 2 aliphatic rings. The van der Waals surface area contributed by atoms with Crippen LogP contribution in [0, 0.1) is 0 Å². The smallest absolute Gasteiger partial charge is 0.395 e. The molecule has 3 heterocycles. The highest BCUT2D eigenvalue weighted by Gasteiger charge is 2.34. The van der Waals surface area contributed by atoms with Crippen LogP contribution in [0.15, 0.2) is 24.4 Å². The maximum atomic E-state index is 12.9. The largest absolute Gasteiger partial charge is 0.433 e. The lowest BCUT2D eigenvalue weighted by atomic mass is 10.0. The van der Waals surface area contributed by atoms with E-state index in [2.05, 4.69) is 28.6 Å². The molecular weight excluding hydrogens is 419 g/mol. The Morgan fingerprint density at radius 3 is 2.47 bits per heavy atom. The van der Waals surface area contributed by atoms with Crippen molar-refractivity contribution >= 4 is 0 Å². The van der Waals surface area contributed by atoms with E-state index in [0.29, 0.717) is 23.2 Å². The van der Waals surface area contributed by atoms with Gasteiger partial charge >= 0.3 is 6.18 Å². The predicted molar refractivity (Wildman–Crippen MR) is 116 cm³/mol. The Morgan fingerprint density at radius 2 is 1.88 bits per heavy atom. The van der Waals surface area contributed by atoms with E-state index in [0.717, 1.165) is 63.7 Å². The molecule has 2 fully saturated rings. The zero-order chi connectivity index (χ0) is 22.9. The van der Waals surface area contributed by atoms with Gasteiger partial charge in [0.15, 0.2) is 0 Å². The fraction of sp³-hybridized carbons (Fsp3) is 0.652. The first-order valence-electron chi connectivity index (χ1n) is 11.5. The molecule has 1 saturated carbocycles. The number of halogens is 3. The number of nitrogens with zero attached hydrogens (tertiary/aromatic N) is 5. The van der Waals surface area contributed by atoms with Crippen molar-refractivity contribution in [1.29, 1.82) is 0 Å². The van der Waals surface area contributed by atoms with Gasteiger partial charge in [0, 0.05) is 68.2 Å². The van der Waals surface area contributed by atoms with Gasteiger partial charge in [0.2, 0.25) is 0 Å². The molecule has 6 nitrogen and oxygen atoms in total. The van der Waals surface area contributed by atoms with Crippen molar-refractivity contribution in [1.82, 2.24) is 24.6 Å². The van der Waals surface area contributed by atoms with Gasteiger partial charge in [0.05, 0.1) is 12.3 Å². The molecule has 9 heteroatoms. The molecule has 2 atom stereocenters. The van der Waals surface area contributed by atoms with E-state index >= 15 is 0 Å². The molecule has 0 amide bonds. The number of rotatable bonds is 6. The van der Waals surface area contributed by atoms with Crippen LogP contribution in [0.3, 0.4) is 0 Å². The Hall–Kier alpha value is -1.97. The maximum Gasteiger partial charge on any atom is 0.433 e. The summed E-state index contributed by atoms with van der Waals surface area (Å²) in [6.07, 6.45) is 0.130. The molecular formula is C23H32F3N5O. The number of hydrogen-bond donors (Lipinski definition) is 1. The van der Waals surface area contributed by atoms with Gasteiger partial charge < -0.3 is 5.11 Å². The monoisotopic (exact) mass is 451 g/mol. The highest BCUT2D eigenvalue weighted by Crippen LogP contribution is 2.39. The van der Waals surface area contributed by atoms with Gasteiger partial charge in [-0.3, -0.25) is 19.5 Å². The molecule has 176 valence electrons. The van der Waals surface area contributed by atoms with Crippen molar-refractivity contribution in [2.24, 2.45) is 0 Å². The molecule has 32 heavy (non-hydrogen) atoms. The minimum absolute atomic E-state index is 0.169. The van der Waals surface area contributed by atoms with Gasteiger partial charge in [-0.05, 0) is 51.3 Å². The van der Waals surface area contributed by atoms with Crippen LogP contribution in [0.25, 0.3) is 11.3 Å². The molecule has 0 aromatic carbocycles. The molecule has 1 aliphatic heterocycles. The lowest BCUT2D eigenvalue weighted by Crippen LogP contribution is -2.50. The average molecular weight is 452 g/mol. The fourth-order valence-corrected chi connectivity index (χ4v) is 5.03. The van der Waals surface area contributed by atoms with E-state index in [1.165, 1.54) is 12.3 Å². The molecule has 2 aromatic heterocycles. The second-order valence-electron chi connectivity index (χ2n) is 9.19. The summed E-state index contributed by atoms with van der Waals surface area (Å²) in [4.78, 5) is 8.48. The van der Waals surface area contributed by atoms with Crippen LogP contribution >= 0.6 is 0 Å². The lowest BCUT2D eigenvalue weighted by molar-refractivity contribution is -0.141. The average Bonchev–Trinajstić information content (AvgIpc) is 3.42. The fourth-order valence-electron chi connectivity index (χ4n) is 5.03. The first-order valence-corrected chi connectivity index (χ1v) is 11.5. The van der Waals surface area contributed by atoms with E-state index < -0.39 is 11.9 Å². The highest BCUT2D eigenvalue weighted by molar-refractivity contribution is 5.58. The summed E-state index contributed by atoms with van der Waals surface area (Å²) in [5.41, 5.74) is 1.56. The molecule has 2 aromatic rings. The van der Waals surface area contributed by atoms with Gasteiger partial charge in [-0.2, -0.15) is 18.3 Å². The number of aliphatic hydroxyl groups excluding tert-OH is 1. The topological polar surface area (TPSA) is 57.4 Å². The van der Waals surface area contributed by atoms with E-state index in [1.807, 2.05) is 10.7 Å². The molecule has 4 rings (SSSR count). The molecule has 1 saturated heterocycles. The lowest BCUT2D eigenvalue weighted by Gasteiger charge is -2.38. The minimum Gasteiger partial charge on any atom is -0.395 e. The number of hydrogen-bond acceptors (Lipinski definition) is 5. The van der Waals surface area contributed by atoms with Crippen molar-refractivity contribution in [3.05, 3.63) is 35.8 Å². The highest BCUT2D eigenvalue weighted by atomic mass is 19.4. The molecule has 0 spiro atoms. The number of alkyl halides is 3. The molecule has 1 aliphatic carbocycles. The number of aliphatic hydroxyl groups is 1. The normalized spacial score (nSPS) is 23.3. The Bertz CT molecular complexity index is 888. The van der Waals surface area contributed by atoms with Gasteiger partial charge in [0.25, 0.3) is 0 Å². The van der Waals surface area contributed by atoms with Gasteiger partial charge in [-0.1, -0.05) is 0 Å². The summed E-state index contributed by atoms with van der Waals surface area (Å²) in [6, 6.07) is 5.22. The summed E-state index contributed by atoms with van der Waals surface area (Å²) in [6.45, 7) is 9.17. The maximum absolute atomic E-state index is 12.9. The summed E-state index contributed by atoms with van der Waals surface area (Å²) >= 11 is 0. The standard InChI is InChI=1S/C23H32F3N5O/c1-16(2)31-21(14-20(28-31)18-4-6-22(27-15-18)23(24,25)26)17-3-5-19(13-17)30-9-7-29(8-10-30)11-12-32/h4,6,14-17,19,32H,3,5,7-13H2,1-2H3/t17-,19?/m0/s1. The minimum atomic E-state index is -4.44. The third-order valence-corrected chi connectivity index (χ3v) is 6.77.